The standard InChI is InChI=1S/C18H27NO3/c1-14(2)22-12-10-16-8-5-6-11-19(16)18(21)13-15-7-3-4-9-17(15)20/h3-4,7,9,14,16,20H,5-6,8,10-13H2,1-2H3. The van der Waals surface area contributed by atoms with Crippen molar-refractivity contribution >= 4 is 5.91 Å². The Morgan fingerprint density at radius 1 is 1.36 bits per heavy atom. The third kappa shape index (κ3) is 4.73. The molecule has 1 amide bonds. The zero-order chi connectivity index (χ0) is 15.9. The van der Waals surface area contributed by atoms with Crippen molar-refractivity contribution in [2.75, 3.05) is 13.2 Å². The van der Waals surface area contributed by atoms with E-state index in [2.05, 4.69) is 0 Å². The molecule has 1 atom stereocenters. The monoisotopic (exact) mass is 305 g/mol. The molecule has 1 fully saturated rings. The van der Waals surface area contributed by atoms with E-state index >= 15 is 0 Å². The third-order valence-electron chi connectivity index (χ3n) is 4.18. The number of nitrogens with zero attached hydrogens (tertiary/aromatic N) is 1. The molecule has 0 bridgehead atoms. The molecule has 22 heavy (non-hydrogen) atoms. The predicted octanol–water partition coefficient (Wildman–Crippen LogP) is 3.13. The van der Waals surface area contributed by atoms with Gasteiger partial charge >= 0.3 is 0 Å². The van der Waals surface area contributed by atoms with Crippen LogP contribution in [0.4, 0.5) is 0 Å². The highest BCUT2D eigenvalue weighted by Crippen LogP contribution is 2.23. The van der Waals surface area contributed by atoms with Crippen molar-refractivity contribution in [2.45, 2.75) is 58.1 Å². The van der Waals surface area contributed by atoms with Crippen LogP contribution in [0.2, 0.25) is 0 Å². The number of amides is 1. The molecule has 0 spiro atoms. The zero-order valence-electron chi connectivity index (χ0n) is 13.6. The van der Waals surface area contributed by atoms with Gasteiger partial charge in [-0.05, 0) is 45.6 Å². The SMILES string of the molecule is CC(C)OCCC1CCCCN1C(=O)Cc1ccccc1O. The van der Waals surface area contributed by atoms with Gasteiger partial charge < -0.3 is 14.7 Å². The van der Waals surface area contributed by atoms with Gasteiger partial charge in [0.15, 0.2) is 0 Å². The lowest BCUT2D eigenvalue weighted by molar-refractivity contribution is -0.134. The first-order valence-electron chi connectivity index (χ1n) is 8.26. The Hall–Kier alpha value is -1.55. The second kappa shape index (κ2) is 8.18. The summed E-state index contributed by atoms with van der Waals surface area (Å²) in [5.41, 5.74) is 0.704. The number of carbonyl (C=O) groups is 1. The minimum atomic E-state index is 0.107. The van der Waals surface area contributed by atoms with Gasteiger partial charge in [-0.25, -0.2) is 0 Å². The Balaban J connectivity index is 1.94. The first-order chi connectivity index (χ1) is 10.6. The molecule has 4 heteroatoms. The van der Waals surface area contributed by atoms with Crippen molar-refractivity contribution in [3.05, 3.63) is 29.8 Å². The molecule has 0 radical (unpaired) electrons. The van der Waals surface area contributed by atoms with Crippen LogP contribution < -0.4 is 0 Å². The summed E-state index contributed by atoms with van der Waals surface area (Å²) in [4.78, 5) is 14.6. The van der Waals surface area contributed by atoms with Crippen LogP contribution in [-0.2, 0) is 16.0 Å². The molecule has 1 aromatic carbocycles. The molecule has 2 rings (SSSR count). The van der Waals surface area contributed by atoms with Gasteiger partial charge in [-0.2, -0.15) is 0 Å². The van der Waals surface area contributed by atoms with Gasteiger partial charge in [0, 0.05) is 24.8 Å². The van der Waals surface area contributed by atoms with Gasteiger partial charge in [-0.15, -0.1) is 0 Å². The van der Waals surface area contributed by atoms with Crippen LogP contribution in [0.5, 0.6) is 5.75 Å². The van der Waals surface area contributed by atoms with E-state index in [4.69, 9.17) is 4.74 Å². The maximum absolute atomic E-state index is 12.6. The minimum Gasteiger partial charge on any atom is -0.508 e. The van der Waals surface area contributed by atoms with Crippen LogP contribution in [0.15, 0.2) is 24.3 Å². The second-order valence-corrected chi connectivity index (χ2v) is 6.25. The predicted molar refractivity (Wildman–Crippen MR) is 86.9 cm³/mol. The first kappa shape index (κ1) is 16.8. The topological polar surface area (TPSA) is 49.8 Å². The fourth-order valence-corrected chi connectivity index (χ4v) is 2.99. The van der Waals surface area contributed by atoms with Crippen molar-refractivity contribution in [2.24, 2.45) is 0 Å². The van der Waals surface area contributed by atoms with Crippen molar-refractivity contribution in [1.82, 2.24) is 4.90 Å². The molecular weight excluding hydrogens is 278 g/mol. The van der Waals surface area contributed by atoms with E-state index in [1.165, 1.54) is 6.42 Å². The van der Waals surface area contributed by atoms with Gasteiger partial charge in [-0.1, -0.05) is 18.2 Å². The lowest BCUT2D eigenvalue weighted by Crippen LogP contribution is -2.45. The fourth-order valence-electron chi connectivity index (χ4n) is 2.99. The highest BCUT2D eigenvalue weighted by Gasteiger charge is 2.26. The molecule has 1 heterocycles. The van der Waals surface area contributed by atoms with E-state index in [1.54, 1.807) is 12.1 Å². The van der Waals surface area contributed by atoms with E-state index < -0.39 is 0 Å². The summed E-state index contributed by atoms with van der Waals surface area (Å²) in [5, 5.41) is 9.84. The number of phenols is 1. The van der Waals surface area contributed by atoms with Gasteiger partial charge in [-0.3, -0.25) is 4.79 Å². The summed E-state index contributed by atoms with van der Waals surface area (Å²) >= 11 is 0. The van der Waals surface area contributed by atoms with Crippen LogP contribution in [0.3, 0.4) is 0 Å². The Morgan fingerprint density at radius 2 is 2.14 bits per heavy atom. The average molecular weight is 305 g/mol. The molecule has 0 aromatic heterocycles. The Morgan fingerprint density at radius 3 is 2.86 bits per heavy atom. The maximum atomic E-state index is 12.6. The summed E-state index contributed by atoms with van der Waals surface area (Å²) in [6.45, 7) is 5.57. The quantitative estimate of drug-likeness (QED) is 0.878. The van der Waals surface area contributed by atoms with Crippen molar-refractivity contribution in [3.63, 3.8) is 0 Å². The summed E-state index contributed by atoms with van der Waals surface area (Å²) in [5.74, 6) is 0.309. The van der Waals surface area contributed by atoms with E-state index in [9.17, 15) is 9.90 Å². The molecule has 1 unspecified atom stereocenters. The summed E-state index contributed by atoms with van der Waals surface area (Å²) < 4.78 is 5.63. The van der Waals surface area contributed by atoms with Crippen molar-refractivity contribution in [1.29, 1.82) is 0 Å². The van der Waals surface area contributed by atoms with Crippen molar-refractivity contribution < 1.29 is 14.6 Å². The van der Waals surface area contributed by atoms with Crippen LogP contribution in [0, 0.1) is 0 Å². The molecule has 4 nitrogen and oxygen atoms in total. The van der Waals surface area contributed by atoms with Crippen LogP contribution in [-0.4, -0.2) is 41.2 Å². The molecule has 1 aromatic rings. The molecular formula is C18H27NO3. The number of benzene rings is 1. The number of likely N-dealkylation sites (tertiary alicyclic amines) is 1. The molecule has 1 N–H and O–H groups in total. The fraction of sp³-hybridized carbons (Fsp3) is 0.611. The van der Waals surface area contributed by atoms with E-state index in [0.717, 1.165) is 25.8 Å². The smallest absolute Gasteiger partial charge is 0.227 e. The molecule has 1 saturated heterocycles. The molecule has 122 valence electrons. The number of hydrogen-bond donors (Lipinski definition) is 1. The third-order valence-corrected chi connectivity index (χ3v) is 4.18. The van der Waals surface area contributed by atoms with E-state index in [0.29, 0.717) is 12.2 Å². The van der Waals surface area contributed by atoms with Crippen LogP contribution >= 0.6 is 0 Å². The van der Waals surface area contributed by atoms with Gasteiger partial charge in [0.2, 0.25) is 5.91 Å². The molecule has 1 aliphatic heterocycles. The molecule has 0 saturated carbocycles. The summed E-state index contributed by atoms with van der Waals surface area (Å²) in [6, 6.07) is 7.34. The number of phenolic OH excluding ortho intramolecular Hbond substituents is 1. The minimum absolute atomic E-state index is 0.107. The lowest BCUT2D eigenvalue weighted by Gasteiger charge is -2.36. The molecule has 1 aliphatic rings. The van der Waals surface area contributed by atoms with Gasteiger partial charge in [0.1, 0.15) is 5.75 Å². The van der Waals surface area contributed by atoms with E-state index in [1.807, 2.05) is 30.9 Å². The number of rotatable bonds is 6. The van der Waals surface area contributed by atoms with Gasteiger partial charge in [0.05, 0.1) is 12.5 Å². The largest absolute Gasteiger partial charge is 0.508 e. The zero-order valence-corrected chi connectivity index (χ0v) is 13.6. The highest BCUT2D eigenvalue weighted by atomic mass is 16.5. The summed E-state index contributed by atoms with van der Waals surface area (Å²) in [7, 11) is 0. The number of carbonyl (C=O) groups excluding carboxylic acids is 1. The van der Waals surface area contributed by atoms with Crippen LogP contribution in [0.25, 0.3) is 0 Å². The van der Waals surface area contributed by atoms with Crippen LogP contribution in [0.1, 0.15) is 45.1 Å². The van der Waals surface area contributed by atoms with Gasteiger partial charge in [0.25, 0.3) is 0 Å². The van der Waals surface area contributed by atoms with E-state index in [-0.39, 0.29) is 30.2 Å². The first-order valence-corrected chi connectivity index (χ1v) is 8.26. The molecule has 0 aliphatic carbocycles. The number of aromatic hydroxyl groups is 1. The Labute approximate surface area is 133 Å². The second-order valence-electron chi connectivity index (χ2n) is 6.25. The number of para-hydroxylation sites is 1. The lowest BCUT2D eigenvalue weighted by atomic mass is 9.98. The summed E-state index contributed by atoms with van der Waals surface area (Å²) in [6.07, 6.45) is 4.68. The Bertz CT molecular complexity index is 487. The number of ether oxygens (including phenoxy) is 1. The average Bonchev–Trinajstić information content (AvgIpc) is 2.49. The Kier molecular flexibility index (Phi) is 6.25. The normalized spacial score (nSPS) is 18.7. The number of hydrogen-bond acceptors (Lipinski definition) is 3. The highest BCUT2D eigenvalue weighted by molar-refractivity contribution is 5.79. The van der Waals surface area contributed by atoms with Crippen molar-refractivity contribution in [3.8, 4) is 5.75 Å². The maximum Gasteiger partial charge on any atom is 0.227 e. The number of piperidine rings is 1.